The standard InChI is InChI=1S/C64H123NO5/c1-3-5-7-9-11-13-14-15-16-17-25-29-32-35-38-42-46-50-54-58-64(69)70-59-55-51-47-43-39-36-33-30-27-24-22-20-18-19-21-23-26-28-31-34-37-41-45-49-53-57-63(68)65-61(60-66)62(67)56-52-48-44-40-12-10-8-6-4-2/h19-22,61-62,66-67H,3-18,23-60H2,1-2H3,(H,65,68)/b21-19-,22-20-. The molecule has 70 heavy (non-hydrogen) atoms. The lowest BCUT2D eigenvalue weighted by molar-refractivity contribution is -0.143. The molecule has 6 nitrogen and oxygen atoms in total. The van der Waals surface area contributed by atoms with Gasteiger partial charge in [0.15, 0.2) is 0 Å². The van der Waals surface area contributed by atoms with Gasteiger partial charge in [0.1, 0.15) is 0 Å². The van der Waals surface area contributed by atoms with E-state index in [-0.39, 0.29) is 18.5 Å². The summed E-state index contributed by atoms with van der Waals surface area (Å²) in [7, 11) is 0. The summed E-state index contributed by atoms with van der Waals surface area (Å²) in [6.07, 6.45) is 73.5. The number of hydrogen-bond donors (Lipinski definition) is 3. The Labute approximate surface area is 437 Å². The lowest BCUT2D eigenvalue weighted by Gasteiger charge is -2.22. The summed E-state index contributed by atoms with van der Waals surface area (Å²) in [6.45, 7) is 4.95. The number of carbonyl (C=O) groups excluding carboxylic acids is 2. The lowest BCUT2D eigenvalue weighted by Crippen LogP contribution is -2.45. The number of aliphatic hydroxyl groups excluding tert-OH is 2. The van der Waals surface area contributed by atoms with Crippen molar-refractivity contribution in [1.29, 1.82) is 0 Å². The van der Waals surface area contributed by atoms with Crippen LogP contribution in [-0.2, 0) is 14.3 Å². The summed E-state index contributed by atoms with van der Waals surface area (Å²) < 4.78 is 5.50. The molecule has 1 amide bonds. The molecule has 0 aromatic carbocycles. The minimum atomic E-state index is -0.666. The zero-order valence-corrected chi connectivity index (χ0v) is 47.3. The maximum absolute atomic E-state index is 12.4. The molecule has 0 rings (SSSR count). The van der Waals surface area contributed by atoms with Gasteiger partial charge >= 0.3 is 5.97 Å². The van der Waals surface area contributed by atoms with E-state index in [0.717, 1.165) is 44.9 Å². The summed E-state index contributed by atoms with van der Waals surface area (Å²) in [4.78, 5) is 24.5. The number of unbranched alkanes of at least 4 members (excludes halogenated alkanes) is 44. The second-order valence-electron chi connectivity index (χ2n) is 21.7. The number of ether oxygens (including phenoxy) is 1. The fourth-order valence-electron chi connectivity index (χ4n) is 9.91. The second kappa shape index (κ2) is 59.9. The molecule has 2 unspecified atom stereocenters. The van der Waals surface area contributed by atoms with E-state index < -0.39 is 12.1 Å². The normalized spacial score (nSPS) is 12.7. The fraction of sp³-hybridized carbons (Fsp3) is 0.906. The third-order valence-corrected chi connectivity index (χ3v) is 14.8. The molecule has 0 saturated carbocycles. The predicted molar refractivity (Wildman–Crippen MR) is 306 cm³/mol. The maximum Gasteiger partial charge on any atom is 0.305 e. The molecule has 0 aromatic heterocycles. The first-order chi connectivity index (χ1) is 34.5. The molecule has 0 aliphatic heterocycles. The van der Waals surface area contributed by atoms with Gasteiger partial charge in [-0.2, -0.15) is 0 Å². The van der Waals surface area contributed by atoms with E-state index in [2.05, 4.69) is 43.5 Å². The van der Waals surface area contributed by atoms with Gasteiger partial charge in [-0.25, -0.2) is 0 Å². The van der Waals surface area contributed by atoms with Crippen molar-refractivity contribution in [3.63, 3.8) is 0 Å². The zero-order valence-electron chi connectivity index (χ0n) is 47.3. The van der Waals surface area contributed by atoms with Crippen LogP contribution in [0.25, 0.3) is 0 Å². The summed E-state index contributed by atoms with van der Waals surface area (Å²) in [6, 6.07) is -0.544. The Balaban J connectivity index is 3.37. The van der Waals surface area contributed by atoms with Gasteiger partial charge in [0.05, 0.1) is 25.4 Å². The summed E-state index contributed by atoms with van der Waals surface area (Å²) in [5.41, 5.74) is 0. The Morgan fingerprint density at radius 2 is 0.714 bits per heavy atom. The molecule has 0 aliphatic rings. The van der Waals surface area contributed by atoms with E-state index in [1.54, 1.807) is 0 Å². The Hall–Kier alpha value is -1.66. The molecular formula is C64H123NO5. The minimum absolute atomic E-state index is 0.0140. The van der Waals surface area contributed by atoms with Gasteiger partial charge in [0.25, 0.3) is 0 Å². The lowest BCUT2D eigenvalue weighted by atomic mass is 10.0. The molecule has 0 radical (unpaired) electrons. The number of allylic oxidation sites excluding steroid dienone is 4. The molecule has 414 valence electrons. The van der Waals surface area contributed by atoms with Crippen LogP contribution in [0.4, 0.5) is 0 Å². The first-order valence-corrected chi connectivity index (χ1v) is 31.6. The van der Waals surface area contributed by atoms with Gasteiger partial charge in [0, 0.05) is 12.8 Å². The zero-order chi connectivity index (χ0) is 50.7. The number of nitrogens with one attached hydrogen (secondary N) is 1. The number of amides is 1. The van der Waals surface area contributed by atoms with Crippen molar-refractivity contribution in [2.45, 2.75) is 360 Å². The highest BCUT2D eigenvalue weighted by Crippen LogP contribution is 2.18. The van der Waals surface area contributed by atoms with Gasteiger partial charge < -0.3 is 20.3 Å². The summed E-state index contributed by atoms with van der Waals surface area (Å²) in [5.74, 6) is -0.0287. The van der Waals surface area contributed by atoms with Crippen LogP contribution in [0, 0.1) is 0 Å². The summed E-state index contributed by atoms with van der Waals surface area (Å²) >= 11 is 0. The van der Waals surface area contributed by atoms with Crippen LogP contribution in [0.2, 0.25) is 0 Å². The topological polar surface area (TPSA) is 95.9 Å². The number of aliphatic hydroxyl groups is 2. The van der Waals surface area contributed by atoms with E-state index in [4.69, 9.17) is 4.74 Å². The molecular weight excluding hydrogens is 863 g/mol. The van der Waals surface area contributed by atoms with Crippen molar-refractivity contribution >= 4 is 11.9 Å². The predicted octanol–water partition coefficient (Wildman–Crippen LogP) is 19.8. The van der Waals surface area contributed by atoms with Crippen molar-refractivity contribution in [2.24, 2.45) is 0 Å². The molecule has 0 spiro atoms. The van der Waals surface area contributed by atoms with Crippen molar-refractivity contribution < 1.29 is 24.5 Å². The Bertz CT molecular complexity index is 1090. The van der Waals surface area contributed by atoms with Crippen molar-refractivity contribution in [2.75, 3.05) is 13.2 Å². The average molecular weight is 987 g/mol. The Morgan fingerprint density at radius 1 is 0.400 bits per heavy atom. The van der Waals surface area contributed by atoms with E-state index in [1.807, 2.05) is 0 Å². The van der Waals surface area contributed by atoms with Gasteiger partial charge in [-0.05, 0) is 57.8 Å². The molecule has 0 heterocycles. The monoisotopic (exact) mass is 986 g/mol. The van der Waals surface area contributed by atoms with Gasteiger partial charge in [-0.15, -0.1) is 0 Å². The number of carbonyl (C=O) groups is 2. The molecule has 6 heteroatoms. The fourth-order valence-corrected chi connectivity index (χ4v) is 9.91. The van der Waals surface area contributed by atoms with Crippen molar-refractivity contribution in [3.05, 3.63) is 24.3 Å². The SMILES string of the molecule is CCCCCCCCCCCCCCCCCCCCCC(=O)OCCCCCCCCCCC/C=C\C/C=C\CCCCCCCCCCCC(=O)NC(CO)C(O)CCCCCCCCCCC. The number of hydrogen-bond acceptors (Lipinski definition) is 5. The van der Waals surface area contributed by atoms with E-state index in [9.17, 15) is 19.8 Å². The first kappa shape index (κ1) is 68.3. The quantitative estimate of drug-likeness (QED) is 0.0321. The Morgan fingerprint density at radius 3 is 1.09 bits per heavy atom. The van der Waals surface area contributed by atoms with E-state index >= 15 is 0 Å². The van der Waals surface area contributed by atoms with Crippen LogP contribution in [0.1, 0.15) is 348 Å². The Kier molecular flexibility index (Phi) is 58.5. The minimum Gasteiger partial charge on any atom is -0.466 e. The van der Waals surface area contributed by atoms with Crippen LogP contribution in [0.5, 0.6) is 0 Å². The molecule has 0 aliphatic carbocycles. The third-order valence-electron chi connectivity index (χ3n) is 14.8. The summed E-state index contributed by atoms with van der Waals surface area (Å²) in [5, 5.41) is 23.1. The first-order valence-electron chi connectivity index (χ1n) is 31.6. The van der Waals surface area contributed by atoms with E-state index in [0.29, 0.717) is 25.9 Å². The highest BCUT2D eigenvalue weighted by molar-refractivity contribution is 5.76. The van der Waals surface area contributed by atoms with Crippen molar-refractivity contribution in [1.82, 2.24) is 5.32 Å². The van der Waals surface area contributed by atoms with Gasteiger partial charge in [0.2, 0.25) is 5.91 Å². The van der Waals surface area contributed by atoms with Crippen LogP contribution >= 0.6 is 0 Å². The van der Waals surface area contributed by atoms with Gasteiger partial charge in [-0.1, -0.05) is 301 Å². The molecule has 3 N–H and O–H groups in total. The maximum atomic E-state index is 12.4. The molecule has 2 atom stereocenters. The van der Waals surface area contributed by atoms with Crippen LogP contribution < -0.4 is 5.32 Å². The molecule has 0 bridgehead atoms. The highest BCUT2D eigenvalue weighted by atomic mass is 16.5. The molecule has 0 saturated heterocycles. The largest absolute Gasteiger partial charge is 0.466 e. The third kappa shape index (κ3) is 55.7. The average Bonchev–Trinajstić information content (AvgIpc) is 3.36. The van der Waals surface area contributed by atoms with E-state index in [1.165, 1.54) is 270 Å². The smallest absolute Gasteiger partial charge is 0.305 e. The highest BCUT2D eigenvalue weighted by Gasteiger charge is 2.20. The van der Waals surface area contributed by atoms with Crippen molar-refractivity contribution in [3.8, 4) is 0 Å². The molecule has 0 aromatic rings. The van der Waals surface area contributed by atoms with Crippen LogP contribution in [-0.4, -0.2) is 47.4 Å². The second-order valence-corrected chi connectivity index (χ2v) is 21.7. The number of esters is 1. The van der Waals surface area contributed by atoms with Crippen LogP contribution in [0.3, 0.4) is 0 Å². The molecule has 0 fully saturated rings. The van der Waals surface area contributed by atoms with Crippen LogP contribution in [0.15, 0.2) is 24.3 Å². The van der Waals surface area contributed by atoms with Gasteiger partial charge in [-0.3, -0.25) is 9.59 Å². The number of rotatable bonds is 59.